The molecule has 2 aromatic carbocycles. The molecule has 0 radical (unpaired) electrons. The maximum atomic E-state index is 13.9. The van der Waals surface area contributed by atoms with Gasteiger partial charge in [0.05, 0.1) is 6.42 Å². The molecule has 0 spiro atoms. The molecule has 9 nitrogen and oxygen atoms in total. The number of nitrogens with one attached hydrogen (secondary N) is 3. The Morgan fingerprint density at radius 1 is 0.902 bits per heavy atom. The van der Waals surface area contributed by atoms with Crippen LogP contribution in [-0.2, 0) is 32.1 Å². The molecule has 1 aliphatic carbocycles. The number of alkyl carbamates (subject to hydrolysis) is 1. The highest BCUT2D eigenvalue weighted by molar-refractivity contribution is 5.94. The fourth-order valence-electron chi connectivity index (χ4n) is 6.02. The minimum absolute atomic E-state index is 0.0522. The number of aliphatic carboxylic acids is 1. The van der Waals surface area contributed by atoms with Crippen molar-refractivity contribution in [2.75, 3.05) is 0 Å². The van der Waals surface area contributed by atoms with Gasteiger partial charge in [-0.05, 0) is 41.2 Å². The van der Waals surface area contributed by atoms with Crippen molar-refractivity contribution in [3.63, 3.8) is 0 Å². The maximum Gasteiger partial charge on any atom is 0.408 e. The van der Waals surface area contributed by atoms with Gasteiger partial charge in [0, 0.05) is 12.3 Å². The van der Waals surface area contributed by atoms with E-state index in [1.54, 1.807) is 54.6 Å². The third-order valence-electron chi connectivity index (χ3n) is 8.06. The summed E-state index contributed by atoms with van der Waals surface area (Å²) < 4.78 is 5.37. The van der Waals surface area contributed by atoms with Crippen LogP contribution in [0, 0.1) is 16.7 Å². The molecule has 0 bridgehead atoms. The third-order valence-corrected chi connectivity index (χ3v) is 8.06. The van der Waals surface area contributed by atoms with Gasteiger partial charge in [0.15, 0.2) is 0 Å². The van der Waals surface area contributed by atoms with Crippen molar-refractivity contribution < 1.29 is 29.0 Å². The molecule has 3 amide bonds. The number of carbonyl (C=O) groups excluding carboxylic acids is 3. The smallest absolute Gasteiger partial charge is 0.408 e. The molecule has 1 aliphatic rings. The Labute approximate surface area is 242 Å². The molecule has 4 N–H and O–H groups in total. The van der Waals surface area contributed by atoms with Crippen molar-refractivity contribution in [2.45, 2.75) is 85.0 Å². The molecular weight excluding hydrogens is 522 g/mol. The van der Waals surface area contributed by atoms with Crippen LogP contribution in [0.3, 0.4) is 0 Å². The summed E-state index contributed by atoms with van der Waals surface area (Å²) in [4.78, 5) is 52.5. The number of hydrogen-bond acceptors (Lipinski definition) is 5. The number of amides is 3. The van der Waals surface area contributed by atoms with E-state index in [1.807, 2.05) is 13.0 Å². The zero-order chi connectivity index (χ0) is 30.3. The van der Waals surface area contributed by atoms with Gasteiger partial charge >= 0.3 is 12.1 Å². The number of carbonyl (C=O) groups is 4. The van der Waals surface area contributed by atoms with Crippen molar-refractivity contribution in [1.82, 2.24) is 16.0 Å². The normalized spacial score (nSPS) is 18.0. The number of rotatable bonds is 12. The number of hydrogen-bond donors (Lipinski definition) is 4. The van der Waals surface area contributed by atoms with E-state index in [1.165, 1.54) is 0 Å². The Balaban J connectivity index is 1.85. The molecule has 2 atom stereocenters. The Kier molecular flexibility index (Phi) is 10.2. The van der Waals surface area contributed by atoms with Crippen molar-refractivity contribution in [3.8, 4) is 0 Å². The first kappa shape index (κ1) is 31.6. The van der Waals surface area contributed by atoms with Crippen LogP contribution >= 0.6 is 0 Å². The summed E-state index contributed by atoms with van der Waals surface area (Å²) in [5.41, 5.74) is -0.907. The van der Waals surface area contributed by atoms with Crippen molar-refractivity contribution in [3.05, 3.63) is 71.8 Å². The summed E-state index contributed by atoms with van der Waals surface area (Å²) in [5.74, 6) is -2.42. The first-order chi connectivity index (χ1) is 19.3. The Bertz CT molecular complexity index is 1200. The lowest BCUT2D eigenvalue weighted by atomic mass is 9.72. The molecule has 0 aliphatic heterocycles. The Morgan fingerprint density at radius 3 is 1.95 bits per heavy atom. The van der Waals surface area contributed by atoms with E-state index in [0.717, 1.165) is 18.4 Å². The van der Waals surface area contributed by atoms with Gasteiger partial charge in [-0.1, -0.05) is 95.3 Å². The molecule has 1 fully saturated rings. The van der Waals surface area contributed by atoms with E-state index in [9.17, 15) is 24.3 Å². The second-order valence-electron chi connectivity index (χ2n) is 12.4. The van der Waals surface area contributed by atoms with Crippen molar-refractivity contribution >= 4 is 23.9 Å². The van der Waals surface area contributed by atoms with E-state index in [2.05, 4.69) is 43.6 Å². The summed E-state index contributed by atoms with van der Waals surface area (Å²) in [6, 6.07) is 17.9. The summed E-state index contributed by atoms with van der Waals surface area (Å²) in [5, 5.41) is 18.2. The molecule has 2 aromatic rings. The minimum atomic E-state index is -1.88. The molecule has 9 heteroatoms. The predicted octanol–water partition coefficient (Wildman–Crippen LogP) is 4.80. The molecular formula is C32H43N3O6. The Hall–Kier alpha value is -3.88. The van der Waals surface area contributed by atoms with Gasteiger partial charge in [0.2, 0.25) is 11.8 Å². The standard InChI is InChI=1S/C32H43N3O6/c1-6-24(33-27(38)26-30(2,3)17-18-31(26,4)5)34-28(39)32(20-25(36)37,19-22-13-9-7-10-14-22)35-29(40)41-21-23-15-11-8-12-16-23/h7-16,24,26H,6,17-21H2,1-5H3,(H,33,38)(H,34,39)(H,35,40)(H,36,37)/t24-,32+/m1/s1. The highest BCUT2D eigenvalue weighted by atomic mass is 16.5. The van der Waals surface area contributed by atoms with E-state index in [0.29, 0.717) is 12.0 Å². The third kappa shape index (κ3) is 8.31. The van der Waals surface area contributed by atoms with Gasteiger partial charge in [0.25, 0.3) is 0 Å². The van der Waals surface area contributed by atoms with Crippen LogP contribution in [0.15, 0.2) is 60.7 Å². The number of benzene rings is 2. The summed E-state index contributed by atoms with van der Waals surface area (Å²) in [6.07, 6.45) is -0.302. The lowest BCUT2D eigenvalue weighted by Gasteiger charge is -2.37. The van der Waals surface area contributed by atoms with Crippen molar-refractivity contribution in [2.24, 2.45) is 16.7 Å². The van der Waals surface area contributed by atoms with Crippen LogP contribution < -0.4 is 16.0 Å². The van der Waals surface area contributed by atoms with Gasteiger partial charge in [-0.2, -0.15) is 0 Å². The zero-order valence-electron chi connectivity index (χ0n) is 24.7. The quantitative estimate of drug-likeness (QED) is 0.273. The van der Waals surface area contributed by atoms with E-state index in [4.69, 9.17) is 4.74 Å². The summed E-state index contributed by atoms with van der Waals surface area (Å²) in [6.45, 7) is 10.1. The van der Waals surface area contributed by atoms with Gasteiger partial charge in [-0.25, -0.2) is 4.79 Å². The molecule has 1 saturated carbocycles. The largest absolute Gasteiger partial charge is 0.481 e. The van der Waals surface area contributed by atoms with E-state index in [-0.39, 0.29) is 35.7 Å². The molecule has 0 aromatic heterocycles. The van der Waals surface area contributed by atoms with Crippen LogP contribution in [-0.4, -0.2) is 40.7 Å². The first-order valence-electron chi connectivity index (χ1n) is 14.1. The van der Waals surface area contributed by atoms with Gasteiger partial charge < -0.3 is 25.8 Å². The topological polar surface area (TPSA) is 134 Å². The monoisotopic (exact) mass is 565 g/mol. The summed E-state index contributed by atoms with van der Waals surface area (Å²) in [7, 11) is 0. The average Bonchev–Trinajstić information content (AvgIpc) is 3.14. The van der Waals surface area contributed by atoms with Crippen LogP contribution in [0.4, 0.5) is 4.79 Å². The van der Waals surface area contributed by atoms with E-state index < -0.39 is 36.1 Å². The SMILES string of the molecule is CC[C@H](NC(=O)C1C(C)(C)CCC1(C)C)NC(=O)[C@@](CC(=O)O)(Cc1ccccc1)NC(=O)OCc1ccccc1. The molecule has 222 valence electrons. The first-order valence-corrected chi connectivity index (χ1v) is 14.1. The van der Waals surface area contributed by atoms with Crippen LogP contribution in [0.2, 0.25) is 0 Å². The van der Waals surface area contributed by atoms with Crippen LogP contribution in [0.1, 0.15) is 71.4 Å². The molecule has 0 heterocycles. The summed E-state index contributed by atoms with van der Waals surface area (Å²) >= 11 is 0. The fourth-order valence-corrected chi connectivity index (χ4v) is 6.02. The van der Waals surface area contributed by atoms with Crippen LogP contribution in [0.25, 0.3) is 0 Å². The van der Waals surface area contributed by atoms with Gasteiger partial charge in [0.1, 0.15) is 18.3 Å². The van der Waals surface area contributed by atoms with Crippen LogP contribution in [0.5, 0.6) is 0 Å². The average molecular weight is 566 g/mol. The lowest BCUT2D eigenvalue weighted by Crippen LogP contribution is -2.64. The molecule has 41 heavy (non-hydrogen) atoms. The van der Waals surface area contributed by atoms with Gasteiger partial charge in [-0.15, -0.1) is 0 Å². The fraction of sp³-hybridized carbons (Fsp3) is 0.500. The highest BCUT2D eigenvalue weighted by Gasteiger charge is 2.51. The van der Waals surface area contributed by atoms with E-state index >= 15 is 0 Å². The Morgan fingerprint density at radius 2 is 1.44 bits per heavy atom. The predicted molar refractivity (Wildman–Crippen MR) is 156 cm³/mol. The highest BCUT2D eigenvalue weighted by Crippen LogP contribution is 2.53. The number of ether oxygens (including phenoxy) is 1. The maximum absolute atomic E-state index is 13.9. The molecule has 0 saturated heterocycles. The molecule has 0 unspecified atom stereocenters. The van der Waals surface area contributed by atoms with Crippen molar-refractivity contribution in [1.29, 1.82) is 0 Å². The lowest BCUT2D eigenvalue weighted by molar-refractivity contribution is -0.143. The van der Waals surface area contributed by atoms with Gasteiger partial charge in [-0.3, -0.25) is 14.4 Å². The molecule has 3 rings (SSSR count). The minimum Gasteiger partial charge on any atom is -0.481 e. The zero-order valence-corrected chi connectivity index (χ0v) is 24.7. The number of carboxylic acid groups (broad SMARTS) is 1. The second kappa shape index (κ2) is 13.2. The number of carboxylic acids is 1. The second-order valence-corrected chi connectivity index (χ2v) is 12.4.